The van der Waals surface area contributed by atoms with Gasteiger partial charge in [0.2, 0.25) is 0 Å². The zero-order chi connectivity index (χ0) is 16.8. The Morgan fingerprint density at radius 1 is 1.26 bits per heavy atom. The Balaban J connectivity index is 2.21. The third-order valence-corrected chi connectivity index (χ3v) is 3.47. The minimum atomic E-state index is -0.0329. The van der Waals surface area contributed by atoms with E-state index >= 15 is 0 Å². The fourth-order valence-corrected chi connectivity index (χ4v) is 2.23. The van der Waals surface area contributed by atoms with Crippen molar-refractivity contribution >= 4 is 17.1 Å². The summed E-state index contributed by atoms with van der Waals surface area (Å²) in [6, 6.07) is 5.45. The predicted molar refractivity (Wildman–Crippen MR) is 92.7 cm³/mol. The molecule has 0 bridgehead atoms. The maximum Gasteiger partial charge on any atom is 0.148 e. The van der Waals surface area contributed by atoms with Gasteiger partial charge < -0.3 is 14.2 Å². The molecular formula is C18H24N2O3. The number of hydrogen-bond donors (Lipinski definition) is 1. The van der Waals surface area contributed by atoms with Gasteiger partial charge in [-0.05, 0) is 24.1 Å². The first-order chi connectivity index (χ1) is 11.0. The molecule has 1 aromatic carbocycles. The predicted octanol–water partition coefficient (Wildman–Crippen LogP) is 3.80. The lowest BCUT2D eigenvalue weighted by Crippen LogP contribution is -2.26. The molecule has 1 atom stereocenters. The first-order valence-corrected chi connectivity index (χ1v) is 7.71. The van der Waals surface area contributed by atoms with Crippen LogP contribution in [0.3, 0.4) is 0 Å². The lowest BCUT2D eigenvalue weighted by Gasteiger charge is -2.20. The molecule has 124 valence electrons. The zero-order valence-corrected chi connectivity index (χ0v) is 14.1. The first kappa shape index (κ1) is 17.2. The normalized spacial score (nSPS) is 19.4. The molecule has 5 heteroatoms. The van der Waals surface area contributed by atoms with Crippen molar-refractivity contribution in [2.24, 2.45) is 10.9 Å². The summed E-state index contributed by atoms with van der Waals surface area (Å²) in [7, 11) is 3.21. The largest absolute Gasteiger partial charge is 0.497 e. The molecule has 0 aromatic heterocycles. The van der Waals surface area contributed by atoms with E-state index in [0.717, 1.165) is 0 Å². The molecule has 2 rings (SSSR count). The molecule has 1 aromatic rings. The van der Waals surface area contributed by atoms with Crippen LogP contribution in [0.2, 0.25) is 0 Å². The second-order valence-electron chi connectivity index (χ2n) is 5.84. The van der Waals surface area contributed by atoms with E-state index in [9.17, 15) is 0 Å². The van der Waals surface area contributed by atoms with Crippen LogP contribution >= 0.6 is 0 Å². The van der Waals surface area contributed by atoms with E-state index in [4.69, 9.17) is 19.6 Å². The van der Waals surface area contributed by atoms with Crippen LogP contribution in [0.15, 0.2) is 35.3 Å². The van der Waals surface area contributed by atoms with Crippen LogP contribution < -0.4 is 9.47 Å². The van der Waals surface area contributed by atoms with Gasteiger partial charge in [0.1, 0.15) is 17.2 Å². The van der Waals surface area contributed by atoms with Crippen molar-refractivity contribution in [2.45, 2.75) is 26.4 Å². The van der Waals surface area contributed by atoms with E-state index in [0.29, 0.717) is 47.6 Å². The molecule has 1 unspecified atom stereocenters. The summed E-state index contributed by atoms with van der Waals surface area (Å²) >= 11 is 0. The van der Waals surface area contributed by atoms with E-state index < -0.39 is 0 Å². The zero-order valence-electron chi connectivity index (χ0n) is 14.1. The van der Waals surface area contributed by atoms with Crippen LogP contribution in [-0.4, -0.2) is 38.4 Å². The third-order valence-electron chi connectivity index (χ3n) is 3.47. The SMILES string of the molecule is COc1ccc(N=C2CC(OCC(C)C)C=CC2=N)c(OC)c1. The third kappa shape index (κ3) is 4.66. The highest BCUT2D eigenvalue weighted by Gasteiger charge is 2.19. The number of nitrogens with one attached hydrogen (secondary N) is 1. The van der Waals surface area contributed by atoms with E-state index in [-0.39, 0.29) is 6.10 Å². The van der Waals surface area contributed by atoms with Crippen molar-refractivity contribution in [1.29, 1.82) is 5.41 Å². The maximum absolute atomic E-state index is 8.07. The molecule has 0 radical (unpaired) electrons. The summed E-state index contributed by atoms with van der Waals surface area (Å²) in [6.45, 7) is 4.93. The standard InChI is InChI=1S/C18H24N2O3/c1-12(2)11-23-14-5-7-15(19)17(9-14)20-16-8-6-13(21-3)10-18(16)22-4/h5-8,10,12,14,19H,9,11H2,1-4H3. The lowest BCUT2D eigenvalue weighted by atomic mass is 10.0. The van der Waals surface area contributed by atoms with Gasteiger partial charge in [-0.1, -0.05) is 19.9 Å². The highest BCUT2D eigenvalue weighted by Crippen LogP contribution is 2.32. The number of benzene rings is 1. The molecule has 1 N–H and O–H groups in total. The first-order valence-electron chi connectivity index (χ1n) is 7.71. The Morgan fingerprint density at radius 3 is 2.70 bits per heavy atom. The van der Waals surface area contributed by atoms with Crippen molar-refractivity contribution in [3.63, 3.8) is 0 Å². The Labute approximate surface area is 137 Å². The summed E-state index contributed by atoms with van der Waals surface area (Å²) in [5, 5.41) is 8.07. The molecule has 0 fully saturated rings. The van der Waals surface area contributed by atoms with Crippen LogP contribution in [0.5, 0.6) is 11.5 Å². The number of allylic oxidation sites excluding steroid dienone is 1. The minimum absolute atomic E-state index is 0.0329. The molecular weight excluding hydrogens is 292 g/mol. The summed E-state index contributed by atoms with van der Waals surface area (Å²) in [5.74, 6) is 1.81. The maximum atomic E-state index is 8.07. The topological polar surface area (TPSA) is 63.9 Å². The highest BCUT2D eigenvalue weighted by molar-refractivity contribution is 6.46. The van der Waals surface area contributed by atoms with Crippen LogP contribution in [0.4, 0.5) is 5.69 Å². The molecule has 0 amide bonds. The Kier molecular flexibility index (Phi) is 5.93. The monoisotopic (exact) mass is 316 g/mol. The van der Waals surface area contributed by atoms with Gasteiger partial charge in [0.15, 0.2) is 0 Å². The fraction of sp³-hybridized carbons (Fsp3) is 0.444. The van der Waals surface area contributed by atoms with Gasteiger partial charge in [-0.25, -0.2) is 4.99 Å². The van der Waals surface area contributed by atoms with Crippen LogP contribution in [0.1, 0.15) is 20.3 Å². The second kappa shape index (κ2) is 7.92. The van der Waals surface area contributed by atoms with Crippen molar-refractivity contribution in [2.75, 3.05) is 20.8 Å². The van der Waals surface area contributed by atoms with E-state index in [2.05, 4.69) is 18.8 Å². The molecule has 1 aliphatic carbocycles. The summed E-state index contributed by atoms with van der Waals surface area (Å²) in [4.78, 5) is 4.60. The molecule has 0 heterocycles. The van der Waals surface area contributed by atoms with Crippen molar-refractivity contribution in [3.05, 3.63) is 30.4 Å². The summed E-state index contributed by atoms with van der Waals surface area (Å²) in [6.07, 6.45) is 4.24. The van der Waals surface area contributed by atoms with Gasteiger partial charge in [-0.2, -0.15) is 0 Å². The number of nitrogens with zero attached hydrogens (tertiary/aromatic N) is 1. The van der Waals surface area contributed by atoms with Gasteiger partial charge in [0.05, 0.1) is 31.7 Å². The van der Waals surface area contributed by atoms with Gasteiger partial charge in [0.25, 0.3) is 0 Å². The fourth-order valence-electron chi connectivity index (χ4n) is 2.23. The van der Waals surface area contributed by atoms with E-state index in [1.54, 1.807) is 26.4 Å². The summed E-state index contributed by atoms with van der Waals surface area (Å²) < 4.78 is 16.4. The quantitative estimate of drug-likeness (QED) is 0.868. The van der Waals surface area contributed by atoms with Crippen LogP contribution in [-0.2, 0) is 4.74 Å². The number of aliphatic imine (C=N–C) groups is 1. The molecule has 0 saturated carbocycles. The molecule has 0 spiro atoms. The average Bonchev–Trinajstić information content (AvgIpc) is 2.55. The lowest BCUT2D eigenvalue weighted by molar-refractivity contribution is 0.0693. The molecule has 0 saturated heterocycles. The number of hydrogen-bond acceptors (Lipinski definition) is 5. The van der Waals surface area contributed by atoms with Crippen molar-refractivity contribution in [1.82, 2.24) is 0 Å². The Morgan fingerprint density at radius 2 is 2.04 bits per heavy atom. The highest BCUT2D eigenvalue weighted by atomic mass is 16.5. The van der Waals surface area contributed by atoms with Gasteiger partial charge >= 0.3 is 0 Å². The Hall–Kier alpha value is -2.14. The molecule has 5 nitrogen and oxygen atoms in total. The summed E-state index contributed by atoms with van der Waals surface area (Å²) in [5.41, 5.74) is 1.79. The Bertz CT molecular complexity index is 621. The van der Waals surface area contributed by atoms with Crippen molar-refractivity contribution < 1.29 is 14.2 Å². The van der Waals surface area contributed by atoms with Gasteiger partial charge in [-0.3, -0.25) is 5.41 Å². The number of methoxy groups -OCH3 is 2. The molecule has 23 heavy (non-hydrogen) atoms. The van der Waals surface area contributed by atoms with Crippen LogP contribution in [0.25, 0.3) is 0 Å². The van der Waals surface area contributed by atoms with Crippen molar-refractivity contribution in [3.8, 4) is 11.5 Å². The number of ether oxygens (including phenoxy) is 3. The van der Waals surface area contributed by atoms with Gasteiger partial charge in [0, 0.05) is 19.1 Å². The van der Waals surface area contributed by atoms with Crippen LogP contribution in [0, 0.1) is 11.3 Å². The number of rotatable bonds is 6. The molecule has 0 aliphatic heterocycles. The van der Waals surface area contributed by atoms with Gasteiger partial charge in [-0.15, -0.1) is 0 Å². The van der Waals surface area contributed by atoms with E-state index in [1.165, 1.54) is 0 Å². The van der Waals surface area contributed by atoms with E-state index in [1.807, 2.05) is 18.2 Å². The minimum Gasteiger partial charge on any atom is -0.497 e. The second-order valence-corrected chi connectivity index (χ2v) is 5.84. The smallest absolute Gasteiger partial charge is 0.148 e. The average molecular weight is 316 g/mol. The molecule has 1 aliphatic rings.